The van der Waals surface area contributed by atoms with Gasteiger partial charge in [-0.05, 0) is 99.0 Å². The van der Waals surface area contributed by atoms with Gasteiger partial charge >= 0.3 is 0 Å². The fourth-order valence-electron chi connectivity index (χ4n) is 8.10. The number of ether oxygens (including phenoxy) is 1. The summed E-state index contributed by atoms with van der Waals surface area (Å²) in [6, 6.07) is 44.8. The first-order valence-electron chi connectivity index (χ1n) is 21.6. The molecular formula is C56H61N4OPt-3. The molecule has 0 spiro atoms. The van der Waals surface area contributed by atoms with Crippen molar-refractivity contribution in [3.8, 4) is 28.4 Å². The zero-order chi connectivity index (χ0) is 43.8. The van der Waals surface area contributed by atoms with E-state index in [9.17, 15) is 0 Å². The Labute approximate surface area is 385 Å². The first kappa shape index (κ1) is 44.9. The van der Waals surface area contributed by atoms with Crippen LogP contribution in [0.25, 0.3) is 38.8 Å². The maximum Gasteiger partial charge on any atom is 0.135 e. The third-order valence-electron chi connectivity index (χ3n) is 12.2. The number of nitrogens with zero attached hydrogens (tertiary/aromatic N) is 4. The Bertz CT molecular complexity index is 2820. The van der Waals surface area contributed by atoms with Crippen molar-refractivity contribution in [1.82, 2.24) is 9.55 Å². The summed E-state index contributed by atoms with van der Waals surface area (Å²) in [5.41, 5.74) is 13.7. The largest absolute Gasteiger partial charge is 0.509 e. The summed E-state index contributed by atoms with van der Waals surface area (Å²) in [6.45, 7) is 33.7. The molecule has 0 saturated heterocycles. The van der Waals surface area contributed by atoms with E-state index in [1.54, 1.807) is 0 Å². The minimum atomic E-state index is -0.143. The second-order valence-corrected chi connectivity index (χ2v) is 20.9. The molecule has 0 saturated carbocycles. The molecule has 3 heterocycles. The Hall–Kier alpha value is -5.12. The maximum atomic E-state index is 6.79. The number of pyridine rings is 1. The van der Waals surface area contributed by atoms with Gasteiger partial charge in [-0.2, -0.15) is 6.07 Å². The number of anilines is 2. The summed E-state index contributed by atoms with van der Waals surface area (Å²) in [4.78, 5) is 9.44. The van der Waals surface area contributed by atoms with Crippen LogP contribution in [0.3, 0.4) is 0 Å². The molecule has 0 aliphatic carbocycles. The van der Waals surface area contributed by atoms with Crippen molar-refractivity contribution in [2.75, 3.05) is 9.80 Å². The molecule has 7 aromatic rings. The van der Waals surface area contributed by atoms with Crippen LogP contribution in [0.5, 0.6) is 11.5 Å². The van der Waals surface area contributed by atoms with Gasteiger partial charge in [-0.3, -0.25) is 0 Å². The number of rotatable bonds is 6. The van der Waals surface area contributed by atoms with Gasteiger partial charge < -0.3 is 19.1 Å². The minimum Gasteiger partial charge on any atom is -0.509 e. The third kappa shape index (κ3) is 8.76. The molecule has 0 radical (unpaired) electrons. The molecule has 2 aromatic heterocycles. The van der Waals surface area contributed by atoms with Crippen LogP contribution in [0.4, 0.5) is 11.4 Å². The molecule has 1 aliphatic heterocycles. The number of fused-ring (bicyclic) bond motifs is 3. The van der Waals surface area contributed by atoms with Crippen molar-refractivity contribution in [3.63, 3.8) is 0 Å². The second-order valence-electron chi connectivity index (χ2n) is 20.9. The maximum absolute atomic E-state index is 6.79. The van der Waals surface area contributed by atoms with Gasteiger partial charge in [-0.25, -0.2) is 4.98 Å². The van der Waals surface area contributed by atoms with E-state index < -0.39 is 0 Å². The van der Waals surface area contributed by atoms with Crippen molar-refractivity contribution in [2.24, 2.45) is 0 Å². The van der Waals surface area contributed by atoms with Gasteiger partial charge in [0.15, 0.2) is 0 Å². The quantitative estimate of drug-likeness (QED) is 0.156. The smallest absolute Gasteiger partial charge is 0.135 e. The average molecular weight is 1000 g/mol. The molecular weight excluding hydrogens is 940 g/mol. The second kappa shape index (κ2) is 16.2. The number of hydrogen-bond donors (Lipinski definition) is 0. The first-order chi connectivity index (χ1) is 28.6. The number of benzene rings is 5. The van der Waals surface area contributed by atoms with E-state index >= 15 is 0 Å². The topological polar surface area (TPSA) is 33.5 Å². The van der Waals surface area contributed by atoms with Crippen molar-refractivity contribution in [3.05, 3.63) is 162 Å². The number of aromatic nitrogens is 2. The molecule has 0 N–H and O–H groups in total. The standard InChI is InChI=1S/C56H61N4O.Pt/c1-36-37(2)59(35-58(36)44-28-39(27-42(29-44)55(9,10)11)38-19-21-40(22-20-38)53(3,4)5)45-30-43(56(12,13)14)31-47(33-45)61-46-23-24-49-48-17-15-16-18-50(48)60(51(49)34-46)52-32-41(25-26-57-52)54(6,7)8;/h15-32,35H,1-14H3;/q-3;. The molecule has 5 nitrogen and oxygen atoms in total. The molecule has 0 amide bonds. The van der Waals surface area contributed by atoms with Crippen LogP contribution in [0.15, 0.2) is 121 Å². The molecule has 0 atom stereocenters. The van der Waals surface area contributed by atoms with Crippen LogP contribution < -0.4 is 14.5 Å². The number of para-hydroxylation sites is 1. The zero-order valence-corrected chi connectivity index (χ0v) is 41.3. The monoisotopic (exact) mass is 1000 g/mol. The Morgan fingerprint density at radius 3 is 1.82 bits per heavy atom. The van der Waals surface area contributed by atoms with Gasteiger partial charge in [0.05, 0.1) is 0 Å². The summed E-state index contributed by atoms with van der Waals surface area (Å²) >= 11 is 0. The Morgan fingerprint density at radius 1 is 0.532 bits per heavy atom. The molecule has 6 heteroatoms. The molecule has 0 bridgehead atoms. The summed E-state index contributed by atoms with van der Waals surface area (Å²) < 4.78 is 9.00. The Kier molecular flexibility index (Phi) is 11.7. The Balaban J connectivity index is 0.00000578. The number of hydrogen-bond acceptors (Lipinski definition) is 4. The Morgan fingerprint density at radius 2 is 1.16 bits per heavy atom. The van der Waals surface area contributed by atoms with E-state index in [1.165, 1.54) is 27.8 Å². The van der Waals surface area contributed by atoms with Crippen molar-refractivity contribution >= 4 is 33.2 Å². The van der Waals surface area contributed by atoms with Gasteiger partial charge in [0, 0.05) is 61.4 Å². The summed E-state index contributed by atoms with van der Waals surface area (Å²) in [7, 11) is 0. The van der Waals surface area contributed by atoms with Crippen LogP contribution in [-0.2, 0) is 42.7 Å². The van der Waals surface area contributed by atoms with Crippen molar-refractivity contribution in [2.45, 2.75) is 119 Å². The fourth-order valence-corrected chi connectivity index (χ4v) is 8.10. The molecule has 8 rings (SSSR count). The van der Waals surface area contributed by atoms with Crippen molar-refractivity contribution < 1.29 is 25.8 Å². The van der Waals surface area contributed by atoms with Crippen LogP contribution in [0.1, 0.15) is 119 Å². The summed E-state index contributed by atoms with van der Waals surface area (Å²) in [5.74, 6) is 2.12. The minimum absolute atomic E-state index is 0. The van der Waals surface area contributed by atoms with E-state index in [1.807, 2.05) is 12.3 Å². The van der Waals surface area contributed by atoms with E-state index in [0.29, 0.717) is 11.5 Å². The average Bonchev–Trinajstić information content (AvgIpc) is 3.69. The van der Waals surface area contributed by atoms with Gasteiger partial charge in [0.25, 0.3) is 0 Å². The normalized spacial score (nSPS) is 14.0. The molecule has 62 heavy (non-hydrogen) atoms. The van der Waals surface area contributed by atoms with Gasteiger partial charge in [-0.1, -0.05) is 137 Å². The van der Waals surface area contributed by atoms with Crippen LogP contribution in [-0.4, -0.2) is 9.55 Å². The molecule has 0 unspecified atom stereocenters. The first-order valence-corrected chi connectivity index (χ1v) is 21.6. The van der Waals surface area contributed by atoms with Crippen LogP contribution >= 0.6 is 0 Å². The SMILES string of the molecule is CC1=C(C)N(c2cc(-c3ccc(C(C)(C)C)cc3)cc(C(C)(C)C)c2)[CH-]N1c1[c-]c(Oc2[c-]c3c(cc2)c2ccccc2n3-c2cc(C(C)(C)C)ccn2)cc(C(C)(C)C)c1.[Pt]. The zero-order valence-electron chi connectivity index (χ0n) is 39.0. The van der Waals surface area contributed by atoms with E-state index in [4.69, 9.17) is 9.72 Å². The number of allylic oxidation sites excluding steroid dienone is 2. The van der Waals surface area contributed by atoms with Crippen LogP contribution in [0.2, 0.25) is 0 Å². The molecule has 0 fully saturated rings. The van der Waals surface area contributed by atoms with E-state index in [0.717, 1.165) is 56.0 Å². The molecule has 1 aliphatic rings. The summed E-state index contributed by atoms with van der Waals surface area (Å²) in [6.07, 6.45) is 1.91. The summed E-state index contributed by atoms with van der Waals surface area (Å²) in [5, 5.41) is 2.25. The van der Waals surface area contributed by atoms with E-state index in [-0.39, 0.29) is 42.7 Å². The van der Waals surface area contributed by atoms with Crippen molar-refractivity contribution in [1.29, 1.82) is 0 Å². The van der Waals surface area contributed by atoms with Crippen LogP contribution in [0, 0.1) is 18.8 Å². The third-order valence-corrected chi connectivity index (χ3v) is 12.2. The molecule has 324 valence electrons. The van der Waals surface area contributed by atoms with Gasteiger partial charge in [0.2, 0.25) is 0 Å². The predicted molar refractivity (Wildman–Crippen MR) is 257 cm³/mol. The molecule has 5 aromatic carbocycles. The fraction of sp³-hybridized carbons (Fsp3) is 0.321. The van der Waals surface area contributed by atoms with E-state index in [2.05, 4.69) is 227 Å². The van der Waals surface area contributed by atoms with Gasteiger partial charge in [-0.15, -0.1) is 53.6 Å². The predicted octanol–water partition coefficient (Wildman–Crippen LogP) is 15.1. The van der Waals surface area contributed by atoms with Gasteiger partial charge in [0.1, 0.15) is 5.82 Å².